The summed E-state index contributed by atoms with van der Waals surface area (Å²) in [6.45, 7) is 0.299. The van der Waals surface area contributed by atoms with E-state index in [0.29, 0.717) is 11.6 Å². The molecule has 10 heavy (non-hydrogen) atoms. The lowest BCUT2D eigenvalue weighted by Crippen LogP contribution is -1.93. The van der Waals surface area contributed by atoms with Crippen molar-refractivity contribution in [2.75, 3.05) is 0 Å². The Morgan fingerprint density at radius 1 is 1.70 bits per heavy atom. The molecule has 1 aromatic heterocycles. The van der Waals surface area contributed by atoms with Gasteiger partial charge in [-0.15, -0.1) is 11.3 Å². The van der Waals surface area contributed by atoms with Gasteiger partial charge in [0.2, 0.25) is 0 Å². The molecule has 1 heterocycles. The molecule has 0 unspecified atom stereocenters. The molecule has 0 aliphatic heterocycles. The second-order valence-electron chi connectivity index (χ2n) is 1.55. The average molecular weight is 178 g/mol. The molecule has 4 nitrogen and oxygen atoms in total. The van der Waals surface area contributed by atoms with Gasteiger partial charge in [0, 0.05) is 6.54 Å². The van der Waals surface area contributed by atoms with Gasteiger partial charge in [0.1, 0.15) is 9.22 Å². The molecular formula is C4H6N2O2S2. The minimum Gasteiger partial charge on any atom is -0.325 e. The number of aromatic nitrogens is 1. The van der Waals surface area contributed by atoms with Gasteiger partial charge in [-0.3, -0.25) is 0 Å². The van der Waals surface area contributed by atoms with E-state index in [4.69, 9.17) is 5.73 Å². The number of rotatable bonds is 2. The van der Waals surface area contributed by atoms with Crippen LogP contribution in [0.15, 0.2) is 10.4 Å². The van der Waals surface area contributed by atoms with Crippen LogP contribution in [0.5, 0.6) is 0 Å². The first-order valence-corrected chi connectivity index (χ1v) is 4.52. The van der Waals surface area contributed by atoms with Crippen LogP contribution in [0, 0.1) is 0 Å². The zero-order valence-electron chi connectivity index (χ0n) is 4.98. The Bertz CT molecular complexity index is 283. The van der Waals surface area contributed by atoms with Gasteiger partial charge in [-0.05, 0) is 0 Å². The van der Waals surface area contributed by atoms with E-state index in [1.54, 1.807) is 0 Å². The Balaban J connectivity index is 2.99. The van der Waals surface area contributed by atoms with Gasteiger partial charge in [0.25, 0.3) is 0 Å². The number of nitrogens with two attached hydrogens (primary N) is 1. The van der Waals surface area contributed by atoms with E-state index < -0.39 is 10.7 Å². The van der Waals surface area contributed by atoms with E-state index in [2.05, 4.69) is 4.98 Å². The summed E-state index contributed by atoms with van der Waals surface area (Å²) in [6.07, 6.45) is 1.32. The quantitative estimate of drug-likeness (QED) is 0.603. The molecular weight excluding hydrogens is 172 g/mol. The van der Waals surface area contributed by atoms with E-state index in [1.807, 2.05) is 0 Å². The number of thiol groups is 1. The highest BCUT2D eigenvalue weighted by molar-refractivity contribution is 7.75. The topological polar surface area (TPSA) is 73.0 Å². The number of hydrogen-bond donors (Lipinski definition) is 2. The molecule has 0 fully saturated rings. The van der Waals surface area contributed by atoms with Crippen LogP contribution >= 0.6 is 11.3 Å². The molecule has 0 aliphatic carbocycles. The van der Waals surface area contributed by atoms with Crippen LogP contribution in [0.2, 0.25) is 0 Å². The highest BCUT2D eigenvalue weighted by atomic mass is 32.2. The Morgan fingerprint density at radius 2 is 2.40 bits per heavy atom. The summed E-state index contributed by atoms with van der Waals surface area (Å²) >= 11 is 1.11. The summed E-state index contributed by atoms with van der Waals surface area (Å²) < 4.78 is 20.9. The molecule has 56 valence electrons. The van der Waals surface area contributed by atoms with Gasteiger partial charge in [0.05, 0.1) is 6.20 Å². The van der Waals surface area contributed by atoms with Gasteiger partial charge in [-0.25, -0.2) is 13.4 Å². The van der Waals surface area contributed by atoms with Crippen LogP contribution in [0.4, 0.5) is 0 Å². The molecule has 1 rings (SSSR count). The zero-order valence-corrected chi connectivity index (χ0v) is 6.69. The minimum absolute atomic E-state index is 0.274. The minimum atomic E-state index is -2.48. The van der Waals surface area contributed by atoms with Crippen molar-refractivity contribution < 1.29 is 8.42 Å². The first-order valence-electron chi connectivity index (χ1n) is 2.53. The van der Waals surface area contributed by atoms with Gasteiger partial charge in [-0.2, -0.15) is 0 Å². The molecule has 0 spiro atoms. The van der Waals surface area contributed by atoms with Crippen LogP contribution in [0.3, 0.4) is 0 Å². The summed E-state index contributed by atoms with van der Waals surface area (Å²) in [6, 6.07) is 0. The van der Waals surface area contributed by atoms with E-state index in [-0.39, 0.29) is 4.21 Å². The zero-order chi connectivity index (χ0) is 7.56. The van der Waals surface area contributed by atoms with Crippen LogP contribution in [-0.2, 0) is 17.2 Å². The van der Waals surface area contributed by atoms with Crippen molar-refractivity contribution in [2.45, 2.75) is 10.8 Å². The molecule has 0 atom stereocenters. The summed E-state index contributed by atoms with van der Waals surface area (Å²) in [7, 11) is -2.48. The average Bonchev–Trinajstić information content (AvgIpc) is 2.34. The van der Waals surface area contributed by atoms with Crippen molar-refractivity contribution in [1.82, 2.24) is 4.98 Å². The van der Waals surface area contributed by atoms with Crippen molar-refractivity contribution in [3.05, 3.63) is 11.2 Å². The highest BCUT2D eigenvalue weighted by Crippen LogP contribution is 2.12. The number of thiazole rings is 1. The lowest BCUT2D eigenvalue weighted by Gasteiger charge is -1.79. The van der Waals surface area contributed by atoms with Gasteiger partial charge < -0.3 is 5.73 Å². The maximum absolute atomic E-state index is 10.3. The van der Waals surface area contributed by atoms with Crippen molar-refractivity contribution in [3.63, 3.8) is 0 Å². The Hall–Kier alpha value is -0.460. The fraction of sp³-hybridized carbons (Fsp3) is 0.250. The van der Waals surface area contributed by atoms with Gasteiger partial charge in [0.15, 0.2) is 10.7 Å². The Labute approximate surface area is 63.7 Å². The first-order chi connectivity index (χ1) is 4.74. The maximum atomic E-state index is 10.3. The Morgan fingerprint density at radius 3 is 2.70 bits per heavy atom. The van der Waals surface area contributed by atoms with Crippen LogP contribution in [-0.4, -0.2) is 13.4 Å². The molecule has 0 aliphatic rings. The molecule has 0 saturated carbocycles. The van der Waals surface area contributed by atoms with E-state index >= 15 is 0 Å². The predicted octanol–water partition coefficient (Wildman–Crippen LogP) is -0.428. The molecule has 2 N–H and O–H groups in total. The fourth-order valence-corrected chi connectivity index (χ4v) is 1.78. The van der Waals surface area contributed by atoms with E-state index in [9.17, 15) is 8.42 Å². The van der Waals surface area contributed by atoms with Crippen LogP contribution < -0.4 is 5.73 Å². The SMILES string of the molecule is NCc1ncc([SH](=O)=O)s1. The monoisotopic (exact) mass is 178 g/mol. The molecule has 0 bridgehead atoms. The molecule has 6 heteroatoms. The van der Waals surface area contributed by atoms with Crippen LogP contribution in [0.1, 0.15) is 5.01 Å². The van der Waals surface area contributed by atoms with Crippen molar-refractivity contribution in [3.8, 4) is 0 Å². The van der Waals surface area contributed by atoms with E-state index in [0.717, 1.165) is 11.3 Å². The molecule has 0 amide bonds. The standard InChI is InChI=1S/C4H6N2O2S2/c5-1-3-6-2-4(9-3)10(7)8/h2,10H,1,5H2. The predicted molar refractivity (Wildman–Crippen MR) is 38.6 cm³/mol. The molecule has 1 aromatic rings. The smallest absolute Gasteiger partial charge is 0.179 e. The molecule has 0 saturated heterocycles. The van der Waals surface area contributed by atoms with E-state index in [1.165, 1.54) is 6.20 Å². The van der Waals surface area contributed by atoms with Gasteiger partial charge in [-0.1, -0.05) is 0 Å². The third-order valence-corrected chi connectivity index (χ3v) is 2.91. The van der Waals surface area contributed by atoms with Crippen molar-refractivity contribution in [1.29, 1.82) is 0 Å². The second kappa shape index (κ2) is 3.09. The number of hydrogen-bond acceptors (Lipinski definition) is 5. The van der Waals surface area contributed by atoms with Gasteiger partial charge >= 0.3 is 0 Å². The molecule has 0 radical (unpaired) electrons. The lowest BCUT2D eigenvalue weighted by molar-refractivity contribution is 0.616. The van der Waals surface area contributed by atoms with Crippen LogP contribution in [0.25, 0.3) is 0 Å². The maximum Gasteiger partial charge on any atom is 0.179 e. The van der Waals surface area contributed by atoms with Crippen molar-refractivity contribution in [2.24, 2.45) is 5.73 Å². The summed E-state index contributed by atoms with van der Waals surface area (Å²) in [5, 5.41) is 0.647. The third kappa shape index (κ3) is 1.53. The lowest BCUT2D eigenvalue weighted by atomic mass is 10.7. The molecule has 0 aromatic carbocycles. The largest absolute Gasteiger partial charge is 0.325 e. The number of nitrogens with zero attached hydrogens (tertiary/aromatic N) is 1. The second-order valence-corrected chi connectivity index (χ2v) is 3.97. The third-order valence-electron chi connectivity index (χ3n) is 0.896. The van der Waals surface area contributed by atoms with Crippen molar-refractivity contribution >= 4 is 22.0 Å². The summed E-state index contributed by atoms with van der Waals surface area (Å²) in [4.78, 5) is 3.77. The first kappa shape index (κ1) is 7.64. The fourth-order valence-electron chi connectivity index (χ4n) is 0.479. The normalized spacial score (nSPS) is 10.6. The highest BCUT2D eigenvalue weighted by Gasteiger charge is 2.00. The summed E-state index contributed by atoms with van der Waals surface area (Å²) in [5.41, 5.74) is 5.21. The summed E-state index contributed by atoms with van der Waals surface area (Å²) in [5.74, 6) is 0. The Kier molecular flexibility index (Phi) is 2.36.